The van der Waals surface area contributed by atoms with Gasteiger partial charge in [0, 0.05) is 7.05 Å². The van der Waals surface area contributed by atoms with Crippen molar-refractivity contribution in [3.63, 3.8) is 0 Å². The van der Waals surface area contributed by atoms with Crippen LogP contribution in [0.1, 0.15) is 21.1 Å². The number of halogens is 2. The summed E-state index contributed by atoms with van der Waals surface area (Å²) in [6.07, 6.45) is 1.36. The summed E-state index contributed by atoms with van der Waals surface area (Å²) in [5.74, 6) is -0.512. The fourth-order valence-electron chi connectivity index (χ4n) is 1.33. The summed E-state index contributed by atoms with van der Waals surface area (Å²) in [6.45, 7) is 1.75. The lowest BCUT2D eigenvalue weighted by atomic mass is 10.3. The summed E-state index contributed by atoms with van der Waals surface area (Å²) >= 11 is 6.90. The maximum Gasteiger partial charge on any atom is 0.293 e. The van der Waals surface area contributed by atoms with Gasteiger partial charge in [-0.05, 0) is 19.1 Å². The number of thiophene rings is 1. The summed E-state index contributed by atoms with van der Waals surface area (Å²) in [4.78, 5) is 12.4. The molecule has 19 heavy (non-hydrogen) atoms. The molecule has 1 amide bonds. The summed E-state index contributed by atoms with van der Waals surface area (Å²) in [5, 5.41) is 7.68. The van der Waals surface area contributed by atoms with E-state index in [1.54, 1.807) is 20.0 Å². The Balaban J connectivity index is 2.05. The minimum atomic E-state index is -0.512. The van der Waals surface area contributed by atoms with Crippen LogP contribution in [0.4, 0.5) is 4.39 Å². The van der Waals surface area contributed by atoms with Gasteiger partial charge in [0.25, 0.3) is 5.91 Å². The van der Waals surface area contributed by atoms with E-state index in [1.165, 1.54) is 17.0 Å². The first-order chi connectivity index (χ1) is 8.99. The first-order valence-corrected chi connectivity index (χ1v) is 6.46. The lowest BCUT2D eigenvalue weighted by Crippen LogP contribution is -2.18. The quantitative estimate of drug-likeness (QED) is 0.699. The van der Waals surface area contributed by atoms with E-state index < -0.39 is 5.91 Å². The van der Waals surface area contributed by atoms with Crippen LogP contribution < -0.4 is 5.43 Å². The number of hydrazone groups is 1. The Kier molecular flexibility index (Phi) is 3.96. The number of aryl methyl sites for hydroxylation is 1. The third kappa shape index (κ3) is 2.99. The molecule has 8 heteroatoms. The van der Waals surface area contributed by atoms with Crippen LogP contribution in [0.2, 0.25) is 5.02 Å². The van der Waals surface area contributed by atoms with E-state index in [-0.39, 0.29) is 15.8 Å². The summed E-state index contributed by atoms with van der Waals surface area (Å²) in [7, 11) is 1.69. The molecule has 0 bridgehead atoms. The van der Waals surface area contributed by atoms with Crippen molar-refractivity contribution in [1.82, 2.24) is 15.2 Å². The third-order valence-electron chi connectivity index (χ3n) is 2.43. The number of carbonyl (C=O) groups excluding carboxylic acids is 1. The van der Waals surface area contributed by atoms with Crippen LogP contribution in [0.3, 0.4) is 0 Å². The van der Waals surface area contributed by atoms with E-state index in [0.717, 1.165) is 11.3 Å². The van der Waals surface area contributed by atoms with Gasteiger partial charge in [-0.2, -0.15) is 14.6 Å². The Hall–Kier alpha value is -1.73. The summed E-state index contributed by atoms with van der Waals surface area (Å²) in [5.41, 5.74) is 3.09. The van der Waals surface area contributed by atoms with Crippen molar-refractivity contribution in [2.24, 2.45) is 12.1 Å². The second-order valence-corrected chi connectivity index (χ2v) is 5.16. The Labute approximate surface area is 117 Å². The van der Waals surface area contributed by atoms with Gasteiger partial charge in [-0.25, -0.2) is 5.43 Å². The molecule has 0 radical (unpaired) electrons. The van der Waals surface area contributed by atoms with E-state index in [0.29, 0.717) is 10.6 Å². The molecular weight excluding hydrogens is 291 g/mol. The minimum Gasteiger partial charge on any atom is -0.271 e. The van der Waals surface area contributed by atoms with E-state index in [2.05, 4.69) is 15.6 Å². The molecule has 0 saturated carbocycles. The van der Waals surface area contributed by atoms with Crippen molar-refractivity contribution in [2.75, 3.05) is 0 Å². The molecule has 0 aliphatic heterocycles. The monoisotopic (exact) mass is 300 g/mol. The van der Waals surface area contributed by atoms with Crippen molar-refractivity contribution < 1.29 is 9.18 Å². The first-order valence-electron chi connectivity index (χ1n) is 5.27. The molecule has 2 aromatic rings. The number of nitrogens with zero attached hydrogens (tertiary/aromatic N) is 3. The SMILES string of the molecule is Cc1c(Cl)c(C(=O)N/N=C/c2ccc(F)s2)nn1C. The number of aromatic nitrogens is 2. The predicted molar refractivity (Wildman–Crippen MR) is 72.3 cm³/mol. The molecule has 0 aliphatic rings. The van der Waals surface area contributed by atoms with Crippen molar-refractivity contribution in [1.29, 1.82) is 0 Å². The van der Waals surface area contributed by atoms with Crippen LogP contribution in [0.15, 0.2) is 17.2 Å². The van der Waals surface area contributed by atoms with Crippen LogP contribution in [0.5, 0.6) is 0 Å². The molecule has 100 valence electrons. The second kappa shape index (κ2) is 5.50. The number of rotatable bonds is 3. The van der Waals surface area contributed by atoms with Crippen LogP contribution in [-0.2, 0) is 7.05 Å². The van der Waals surface area contributed by atoms with Crippen LogP contribution in [0.25, 0.3) is 0 Å². The lowest BCUT2D eigenvalue weighted by molar-refractivity contribution is 0.0949. The Morgan fingerprint density at radius 3 is 2.89 bits per heavy atom. The van der Waals surface area contributed by atoms with E-state index in [9.17, 15) is 9.18 Å². The standard InChI is InChI=1S/C11H10ClFN4OS/c1-6-9(12)10(16-17(6)2)11(18)15-14-5-7-3-4-8(13)19-7/h3-5H,1-2H3,(H,15,18)/b14-5+. The van der Waals surface area contributed by atoms with Gasteiger partial charge in [-0.3, -0.25) is 9.48 Å². The van der Waals surface area contributed by atoms with Gasteiger partial charge in [0.05, 0.1) is 21.8 Å². The normalized spacial score (nSPS) is 11.2. The molecule has 0 aromatic carbocycles. The Morgan fingerprint density at radius 2 is 2.37 bits per heavy atom. The van der Waals surface area contributed by atoms with E-state index in [1.807, 2.05) is 0 Å². The molecule has 2 heterocycles. The Bertz CT molecular complexity index is 649. The molecule has 5 nitrogen and oxygen atoms in total. The molecule has 0 atom stereocenters. The molecule has 0 fully saturated rings. The van der Waals surface area contributed by atoms with Gasteiger partial charge in [-0.15, -0.1) is 11.3 Å². The molecule has 0 unspecified atom stereocenters. The zero-order chi connectivity index (χ0) is 14.0. The number of hydrogen-bond acceptors (Lipinski definition) is 4. The average molecular weight is 301 g/mol. The first kappa shape index (κ1) is 13.7. The second-order valence-electron chi connectivity index (χ2n) is 3.71. The van der Waals surface area contributed by atoms with Crippen molar-refractivity contribution >= 4 is 35.1 Å². The molecule has 0 spiro atoms. The maximum atomic E-state index is 12.7. The zero-order valence-corrected chi connectivity index (χ0v) is 11.7. The number of carbonyl (C=O) groups is 1. The van der Waals surface area contributed by atoms with Crippen molar-refractivity contribution in [3.05, 3.63) is 38.6 Å². The molecular formula is C11H10ClFN4OS. The fraction of sp³-hybridized carbons (Fsp3) is 0.182. The van der Waals surface area contributed by atoms with Gasteiger partial charge in [0.1, 0.15) is 0 Å². The van der Waals surface area contributed by atoms with Gasteiger partial charge in [0.2, 0.25) is 0 Å². The van der Waals surface area contributed by atoms with Gasteiger partial charge in [0.15, 0.2) is 10.8 Å². The number of amides is 1. The Morgan fingerprint density at radius 1 is 1.63 bits per heavy atom. The molecule has 0 aliphatic carbocycles. The smallest absolute Gasteiger partial charge is 0.271 e. The van der Waals surface area contributed by atoms with Gasteiger partial charge in [-0.1, -0.05) is 11.6 Å². The molecule has 2 aromatic heterocycles. The highest BCUT2D eigenvalue weighted by Gasteiger charge is 2.17. The van der Waals surface area contributed by atoms with Crippen LogP contribution in [0, 0.1) is 12.1 Å². The lowest BCUT2D eigenvalue weighted by Gasteiger charge is -1.95. The summed E-state index contributed by atoms with van der Waals surface area (Å²) in [6, 6.07) is 2.89. The summed E-state index contributed by atoms with van der Waals surface area (Å²) < 4.78 is 14.2. The maximum absolute atomic E-state index is 12.7. The van der Waals surface area contributed by atoms with Crippen molar-refractivity contribution in [3.8, 4) is 0 Å². The number of nitrogens with one attached hydrogen (secondary N) is 1. The number of hydrogen-bond donors (Lipinski definition) is 1. The topological polar surface area (TPSA) is 59.3 Å². The van der Waals surface area contributed by atoms with Gasteiger partial charge < -0.3 is 0 Å². The predicted octanol–water partition coefficient (Wildman–Crippen LogP) is 2.35. The van der Waals surface area contributed by atoms with E-state index >= 15 is 0 Å². The van der Waals surface area contributed by atoms with Crippen molar-refractivity contribution in [2.45, 2.75) is 6.92 Å². The van der Waals surface area contributed by atoms with Crippen LogP contribution >= 0.6 is 22.9 Å². The van der Waals surface area contributed by atoms with Crippen LogP contribution in [-0.4, -0.2) is 21.9 Å². The highest BCUT2D eigenvalue weighted by atomic mass is 35.5. The molecule has 1 N–H and O–H groups in total. The largest absolute Gasteiger partial charge is 0.293 e. The van der Waals surface area contributed by atoms with Gasteiger partial charge >= 0.3 is 0 Å². The third-order valence-corrected chi connectivity index (χ3v) is 3.69. The molecule has 0 saturated heterocycles. The zero-order valence-electron chi connectivity index (χ0n) is 10.1. The minimum absolute atomic E-state index is 0.108. The average Bonchev–Trinajstić information content (AvgIpc) is 2.89. The van der Waals surface area contributed by atoms with E-state index in [4.69, 9.17) is 11.6 Å². The fourth-order valence-corrected chi connectivity index (χ4v) is 2.18. The highest BCUT2D eigenvalue weighted by Crippen LogP contribution is 2.18. The molecule has 2 rings (SSSR count). The highest BCUT2D eigenvalue weighted by molar-refractivity contribution is 7.12.